The number of amides is 1. The second kappa shape index (κ2) is 8.97. The zero-order chi connectivity index (χ0) is 18.5. The SMILES string of the molecule is Cc1nn(CCC(=O)N2CCCO[C@H](CN3CCOCC3)C2)c(C)c1C. The van der Waals surface area contributed by atoms with Crippen molar-refractivity contribution >= 4 is 5.91 Å². The average molecular weight is 364 g/mol. The van der Waals surface area contributed by atoms with Crippen molar-refractivity contribution < 1.29 is 14.3 Å². The van der Waals surface area contributed by atoms with Crippen LogP contribution in [0.5, 0.6) is 0 Å². The minimum atomic E-state index is 0.0930. The van der Waals surface area contributed by atoms with Gasteiger partial charge in [0, 0.05) is 58.0 Å². The second-order valence-corrected chi connectivity index (χ2v) is 7.37. The molecule has 3 heterocycles. The second-order valence-electron chi connectivity index (χ2n) is 7.37. The fraction of sp³-hybridized carbons (Fsp3) is 0.789. The van der Waals surface area contributed by atoms with Gasteiger partial charge in [0.1, 0.15) is 0 Å². The van der Waals surface area contributed by atoms with Gasteiger partial charge in [-0.2, -0.15) is 5.10 Å². The lowest BCUT2D eigenvalue weighted by Gasteiger charge is -2.31. The molecule has 0 radical (unpaired) electrons. The highest BCUT2D eigenvalue weighted by atomic mass is 16.5. The third kappa shape index (κ3) is 4.84. The first-order valence-electron chi connectivity index (χ1n) is 9.74. The van der Waals surface area contributed by atoms with Gasteiger partial charge in [0.2, 0.25) is 5.91 Å². The Morgan fingerprint density at radius 3 is 2.62 bits per heavy atom. The Kier molecular flexibility index (Phi) is 6.67. The Morgan fingerprint density at radius 1 is 1.15 bits per heavy atom. The molecule has 26 heavy (non-hydrogen) atoms. The third-order valence-corrected chi connectivity index (χ3v) is 5.55. The summed E-state index contributed by atoms with van der Waals surface area (Å²) < 4.78 is 13.4. The largest absolute Gasteiger partial charge is 0.379 e. The van der Waals surface area contributed by atoms with Crippen LogP contribution in [0.2, 0.25) is 0 Å². The topological polar surface area (TPSA) is 59.8 Å². The summed E-state index contributed by atoms with van der Waals surface area (Å²) in [5.74, 6) is 0.202. The first-order chi connectivity index (χ1) is 12.5. The van der Waals surface area contributed by atoms with Crippen molar-refractivity contribution in [3.8, 4) is 0 Å². The van der Waals surface area contributed by atoms with E-state index in [0.29, 0.717) is 19.5 Å². The van der Waals surface area contributed by atoms with Gasteiger partial charge in [0.05, 0.1) is 25.0 Å². The lowest BCUT2D eigenvalue weighted by atomic mass is 10.2. The van der Waals surface area contributed by atoms with Gasteiger partial charge in [0.15, 0.2) is 0 Å². The maximum Gasteiger partial charge on any atom is 0.224 e. The van der Waals surface area contributed by atoms with Crippen molar-refractivity contribution in [2.24, 2.45) is 0 Å². The zero-order valence-corrected chi connectivity index (χ0v) is 16.4. The summed E-state index contributed by atoms with van der Waals surface area (Å²) >= 11 is 0. The minimum absolute atomic E-state index is 0.0930. The Hall–Kier alpha value is -1.44. The van der Waals surface area contributed by atoms with Gasteiger partial charge < -0.3 is 14.4 Å². The molecule has 7 nitrogen and oxygen atoms in total. The molecular weight excluding hydrogens is 332 g/mol. The highest BCUT2D eigenvalue weighted by molar-refractivity contribution is 5.76. The van der Waals surface area contributed by atoms with Gasteiger partial charge in [-0.1, -0.05) is 0 Å². The quantitative estimate of drug-likeness (QED) is 0.784. The van der Waals surface area contributed by atoms with Crippen LogP contribution in [0.3, 0.4) is 0 Å². The van der Waals surface area contributed by atoms with Crippen molar-refractivity contribution in [1.29, 1.82) is 0 Å². The van der Waals surface area contributed by atoms with Crippen LogP contribution < -0.4 is 0 Å². The highest BCUT2D eigenvalue weighted by Crippen LogP contribution is 2.13. The Bertz CT molecular complexity index is 610. The van der Waals surface area contributed by atoms with Gasteiger partial charge >= 0.3 is 0 Å². The van der Waals surface area contributed by atoms with Crippen molar-refractivity contribution in [2.75, 3.05) is 52.5 Å². The molecular formula is C19H32N4O3. The molecule has 7 heteroatoms. The van der Waals surface area contributed by atoms with Crippen molar-refractivity contribution in [3.05, 3.63) is 17.0 Å². The number of hydrogen-bond donors (Lipinski definition) is 0. The standard InChI is InChI=1S/C19H32N4O3/c1-15-16(2)20-23(17(15)3)7-5-19(24)22-6-4-10-26-18(14-22)13-21-8-11-25-12-9-21/h18H,4-14H2,1-3H3/t18-/m1/s1. The average Bonchev–Trinajstić information content (AvgIpc) is 2.83. The highest BCUT2D eigenvalue weighted by Gasteiger charge is 2.25. The number of carbonyl (C=O) groups is 1. The maximum absolute atomic E-state index is 12.8. The number of morpholine rings is 1. The van der Waals surface area contributed by atoms with Crippen molar-refractivity contribution in [3.63, 3.8) is 0 Å². The van der Waals surface area contributed by atoms with Crippen molar-refractivity contribution in [1.82, 2.24) is 19.6 Å². The molecule has 0 unspecified atom stereocenters. The third-order valence-electron chi connectivity index (χ3n) is 5.55. The van der Waals surface area contributed by atoms with E-state index in [-0.39, 0.29) is 12.0 Å². The van der Waals surface area contributed by atoms with Crippen LogP contribution in [-0.2, 0) is 20.8 Å². The Morgan fingerprint density at radius 2 is 1.92 bits per heavy atom. The molecule has 146 valence electrons. The lowest BCUT2D eigenvalue weighted by molar-refractivity contribution is -0.132. The predicted octanol–water partition coefficient (Wildman–Crippen LogP) is 1.15. The van der Waals surface area contributed by atoms with E-state index < -0.39 is 0 Å². The molecule has 0 aliphatic carbocycles. The van der Waals surface area contributed by atoms with E-state index in [1.165, 1.54) is 5.56 Å². The summed E-state index contributed by atoms with van der Waals surface area (Å²) in [6, 6.07) is 0. The van der Waals surface area contributed by atoms with E-state index in [9.17, 15) is 4.79 Å². The molecule has 0 saturated carbocycles. The number of rotatable bonds is 5. The summed E-state index contributed by atoms with van der Waals surface area (Å²) in [6.45, 7) is 13.4. The monoisotopic (exact) mass is 364 g/mol. The number of ether oxygens (including phenoxy) is 2. The van der Waals surface area contributed by atoms with Crippen LogP contribution in [0.4, 0.5) is 0 Å². The molecule has 1 aromatic rings. The van der Waals surface area contributed by atoms with Gasteiger partial charge in [-0.15, -0.1) is 0 Å². The Labute approximate surface area is 156 Å². The molecule has 1 aromatic heterocycles. The number of aryl methyl sites for hydroxylation is 2. The molecule has 2 saturated heterocycles. The first kappa shape index (κ1) is 19.3. The van der Waals surface area contributed by atoms with Gasteiger partial charge in [-0.05, 0) is 32.8 Å². The molecule has 1 amide bonds. The summed E-state index contributed by atoms with van der Waals surface area (Å²) in [5.41, 5.74) is 3.41. The minimum Gasteiger partial charge on any atom is -0.379 e. The Balaban J connectivity index is 1.52. The molecule has 2 aliphatic heterocycles. The molecule has 2 fully saturated rings. The van der Waals surface area contributed by atoms with E-state index in [1.54, 1.807) is 0 Å². The van der Waals surface area contributed by atoms with Crippen LogP contribution >= 0.6 is 0 Å². The first-order valence-corrected chi connectivity index (χ1v) is 9.74. The van der Waals surface area contributed by atoms with E-state index in [0.717, 1.165) is 63.8 Å². The normalized spacial score (nSPS) is 22.4. The van der Waals surface area contributed by atoms with Gasteiger partial charge in [-0.25, -0.2) is 0 Å². The fourth-order valence-electron chi connectivity index (χ4n) is 3.67. The van der Waals surface area contributed by atoms with Crippen LogP contribution in [0.1, 0.15) is 29.8 Å². The number of hydrogen-bond acceptors (Lipinski definition) is 5. The summed E-state index contributed by atoms with van der Waals surface area (Å²) in [6.07, 6.45) is 1.49. The fourth-order valence-corrected chi connectivity index (χ4v) is 3.67. The predicted molar refractivity (Wildman–Crippen MR) is 99.3 cm³/mol. The van der Waals surface area contributed by atoms with Crippen LogP contribution in [-0.4, -0.2) is 84.1 Å². The molecule has 3 rings (SSSR count). The number of carbonyl (C=O) groups excluding carboxylic acids is 1. The zero-order valence-electron chi connectivity index (χ0n) is 16.4. The maximum atomic E-state index is 12.8. The molecule has 0 aromatic carbocycles. The smallest absolute Gasteiger partial charge is 0.224 e. The summed E-state index contributed by atoms with van der Waals surface area (Å²) in [5, 5.41) is 4.54. The van der Waals surface area contributed by atoms with E-state index in [2.05, 4.69) is 23.8 Å². The molecule has 0 spiro atoms. The van der Waals surface area contributed by atoms with Gasteiger partial charge in [-0.3, -0.25) is 14.4 Å². The molecule has 1 atom stereocenters. The van der Waals surface area contributed by atoms with Crippen LogP contribution in [0.15, 0.2) is 0 Å². The van der Waals surface area contributed by atoms with Crippen LogP contribution in [0.25, 0.3) is 0 Å². The molecule has 2 aliphatic rings. The van der Waals surface area contributed by atoms with E-state index in [1.807, 2.05) is 16.5 Å². The van der Waals surface area contributed by atoms with Crippen molar-refractivity contribution in [2.45, 2.75) is 46.3 Å². The number of aromatic nitrogens is 2. The van der Waals surface area contributed by atoms with E-state index >= 15 is 0 Å². The van der Waals surface area contributed by atoms with E-state index in [4.69, 9.17) is 9.47 Å². The molecule has 0 N–H and O–H groups in total. The summed E-state index contributed by atoms with van der Waals surface area (Å²) in [7, 11) is 0. The summed E-state index contributed by atoms with van der Waals surface area (Å²) in [4.78, 5) is 17.1. The van der Waals surface area contributed by atoms with Crippen LogP contribution in [0, 0.1) is 20.8 Å². The molecule has 0 bridgehead atoms. The lowest BCUT2D eigenvalue weighted by Crippen LogP contribution is -2.46. The number of nitrogens with zero attached hydrogens (tertiary/aromatic N) is 4. The van der Waals surface area contributed by atoms with Gasteiger partial charge in [0.25, 0.3) is 0 Å².